The second-order valence-electron chi connectivity index (χ2n) is 10.2. The van der Waals surface area contributed by atoms with E-state index in [4.69, 9.17) is 23.0 Å². The Morgan fingerprint density at radius 1 is 1.04 bits per heavy atom. The average Bonchev–Trinajstić information content (AvgIpc) is 2.99. The standard InChI is InChI=1S/C30H32N6O9/c1-3-12-36(15-16-4-10-22-19(13-16)26(40)34-30(32)33-22)18-7-5-17(6-8-18)27(41)35(2)23(29(44)45)14-20(28(42)43)25(39)21(31)9-11-24(37)38/h1,4-8,10,13,20-21,23H,9,11-12,14-15,31H2,2H3,(H,37,38)(H,42,43)(H,44,45)(H3,32,33,34,40)/t20?,21-,23-/m0/s1. The van der Waals surface area contributed by atoms with Crippen molar-refractivity contribution >= 4 is 52.1 Å². The number of likely N-dealkylation sites (N-methyl/N-ethyl adjacent to an activating group) is 1. The lowest BCUT2D eigenvalue weighted by Crippen LogP contribution is -2.47. The summed E-state index contributed by atoms with van der Waals surface area (Å²) < 4.78 is 0. The van der Waals surface area contributed by atoms with Crippen LogP contribution in [-0.2, 0) is 25.7 Å². The summed E-state index contributed by atoms with van der Waals surface area (Å²) in [4.78, 5) is 82.1. The molecule has 1 unspecified atom stereocenters. The number of hydrogen-bond acceptors (Lipinski definition) is 10. The van der Waals surface area contributed by atoms with Crippen molar-refractivity contribution in [3.8, 4) is 12.3 Å². The second kappa shape index (κ2) is 14.6. The molecule has 0 saturated heterocycles. The number of H-pyrrole nitrogens is 1. The van der Waals surface area contributed by atoms with E-state index >= 15 is 0 Å². The lowest BCUT2D eigenvalue weighted by atomic mass is 9.89. The Morgan fingerprint density at radius 2 is 1.71 bits per heavy atom. The summed E-state index contributed by atoms with van der Waals surface area (Å²) in [7, 11) is 1.16. The van der Waals surface area contributed by atoms with Gasteiger partial charge >= 0.3 is 17.9 Å². The summed E-state index contributed by atoms with van der Waals surface area (Å²) in [5.41, 5.74) is 12.7. The summed E-state index contributed by atoms with van der Waals surface area (Å²) in [5, 5.41) is 28.6. The maximum Gasteiger partial charge on any atom is 0.326 e. The lowest BCUT2D eigenvalue weighted by molar-refractivity contribution is -0.149. The first-order valence-electron chi connectivity index (χ1n) is 13.5. The quantitative estimate of drug-likeness (QED) is 0.100. The van der Waals surface area contributed by atoms with Gasteiger partial charge in [-0.15, -0.1) is 6.42 Å². The van der Waals surface area contributed by atoms with Crippen LogP contribution >= 0.6 is 0 Å². The van der Waals surface area contributed by atoms with Crippen LogP contribution in [0.1, 0.15) is 35.2 Å². The normalized spacial score (nSPS) is 12.8. The van der Waals surface area contributed by atoms with Gasteiger partial charge in [0.1, 0.15) is 12.0 Å². The van der Waals surface area contributed by atoms with Gasteiger partial charge in [-0.1, -0.05) is 12.0 Å². The summed E-state index contributed by atoms with van der Waals surface area (Å²) in [6.45, 7) is 0.458. The highest BCUT2D eigenvalue weighted by Crippen LogP contribution is 2.22. The second-order valence-corrected chi connectivity index (χ2v) is 10.2. The van der Waals surface area contributed by atoms with E-state index in [0.29, 0.717) is 16.6 Å². The van der Waals surface area contributed by atoms with Crippen LogP contribution in [0.5, 0.6) is 0 Å². The molecule has 0 fully saturated rings. The minimum atomic E-state index is -1.89. The number of benzene rings is 2. The fourth-order valence-corrected chi connectivity index (χ4v) is 4.70. The van der Waals surface area contributed by atoms with Crippen molar-refractivity contribution in [2.75, 3.05) is 24.2 Å². The van der Waals surface area contributed by atoms with Crippen molar-refractivity contribution in [1.82, 2.24) is 14.9 Å². The number of aromatic nitrogens is 2. The number of aliphatic carboxylic acids is 3. The molecule has 8 N–H and O–H groups in total. The van der Waals surface area contributed by atoms with E-state index in [2.05, 4.69) is 15.9 Å². The van der Waals surface area contributed by atoms with Crippen LogP contribution in [0, 0.1) is 18.3 Å². The first-order chi connectivity index (χ1) is 21.2. The number of amides is 1. The zero-order chi connectivity index (χ0) is 33.4. The predicted molar refractivity (Wildman–Crippen MR) is 162 cm³/mol. The van der Waals surface area contributed by atoms with E-state index in [9.17, 15) is 39.0 Å². The van der Waals surface area contributed by atoms with Crippen LogP contribution in [-0.4, -0.2) is 85.5 Å². The average molecular weight is 621 g/mol. The molecule has 0 aliphatic carbocycles. The van der Waals surface area contributed by atoms with Crippen LogP contribution in [0.3, 0.4) is 0 Å². The van der Waals surface area contributed by atoms with Crippen LogP contribution in [0.4, 0.5) is 11.6 Å². The molecular formula is C30H32N6O9. The number of nitrogens with zero attached hydrogens (tertiary/aromatic N) is 3. The van der Waals surface area contributed by atoms with E-state index < -0.39 is 66.0 Å². The van der Waals surface area contributed by atoms with Crippen molar-refractivity contribution in [2.24, 2.45) is 11.7 Å². The molecular weight excluding hydrogens is 588 g/mol. The highest BCUT2D eigenvalue weighted by Gasteiger charge is 2.38. The summed E-state index contributed by atoms with van der Waals surface area (Å²) in [6.07, 6.45) is 3.98. The maximum atomic E-state index is 13.2. The van der Waals surface area contributed by atoms with Crippen LogP contribution in [0.2, 0.25) is 0 Å². The first-order valence-corrected chi connectivity index (χ1v) is 13.5. The minimum absolute atomic E-state index is 0.00321. The molecule has 3 atom stereocenters. The smallest absolute Gasteiger partial charge is 0.326 e. The number of anilines is 2. The van der Waals surface area contributed by atoms with Crippen LogP contribution in [0.25, 0.3) is 10.9 Å². The highest BCUT2D eigenvalue weighted by atomic mass is 16.4. The van der Waals surface area contributed by atoms with E-state index in [1.165, 1.54) is 12.1 Å². The molecule has 1 amide bonds. The first kappa shape index (κ1) is 33.7. The molecule has 2 aromatic carbocycles. The van der Waals surface area contributed by atoms with Crippen molar-refractivity contribution in [2.45, 2.75) is 37.9 Å². The third kappa shape index (κ3) is 8.42. The van der Waals surface area contributed by atoms with Gasteiger partial charge in [0.2, 0.25) is 5.95 Å². The zero-order valence-corrected chi connectivity index (χ0v) is 24.2. The SMILES string of the molecule is C#CCN(Cc1ccc2nc(N)[nH]c(=O)c2c1)c1ccc(C(=O)N(C)[C@@H](CC(C(=O)O)C(=O)[C@@H](N)CCC(=O)O)C(=O)O)cc1. The van der Waals surface area contributed by atoms with Crippen molar-refractivity contribution in [3.05, 3.63) is 63.9 Å². The van der Waals surface area contributed by atoms with Crippen molar-refractivity contribution in [1.29, 1.82) is 0 Å². The molecule has 15 nitrogen and oxygen atoms in total. The molecule has 0 bridgehead atoms. The number of carboxylic acid groups (broad SMARTS) is 3. The Bertz CT molecular complexity index is 1710. The monoisotopic (exact) mass is 620 g/mol. The van der Waals surface area contributed by atoms with Gasteiger partial charge in [0.15, 0.2) is 5.78 Å². The molecule has 0 saturated carbocycles. The molecule has 45 heavy (non-hydrogen) atoms. The number of Topliss-reactive ketones (excluding diaryl/α,β-unsaturated/α-hetero) is 1. The van der Waals surface area contributed by atoms with Gasteiger partial charge in [-0.3, -0.25) is 29.0 Å². The summed E-state index contributed by atoms with van der Waals surface area (Å²) >= 11 is 0. The fraction of sp³-hybridized carbons (Fsp3) is 0.300. The number of nitrogen functional groups attached to an aromatic ring is 1. The van der Waals surface area contributed by atoms with Gasteiger partial charge in [-0.25, -0.2) is 9.78 Å². The number of terminal acetylenes is 1. The number of rotatable bonds is 15. The van der Waals surface area contributed by atoms with Gasteiger partial charge in [-0.2, -0.15) is 0 Å². The Labute approximate surface area is 256 Å². The molecule has 1 aromatic heterocycles. The molecule has 236 valence electrons. The van der Waals surface area contributed by atoms with E-state index in [1.54, 1.807) is 35.2 Å². The third-order valence-electron chi connectivity index (χ3n) is 7.13. The summed E-state index contributed by atoms with van der Waals surface area (Å²) in [6, 6.07) is 8.00. The van der Waals surface area contributed by atoms with Crippen molar-refractivity contribution < 1.29 is 39.3 Å². The lowest BCUT2D eigenvalue weighted by Gasteiger charge is -2.28. The molecule has 15 heteroatoms. The number of fused-ring (bicyclic) bond motifs is 1. The van der Waals surface area contributed by atoms with Crippen molar-refractivity contribution in [3.63, 3.8) is 0 Å². The number of nitrogens with two attached hydrogens (primary N) is 2. The zero-order valence-electron chi connectivity index (χ0n) is 24.2. The third-order valence-corrected chi connectivity index (χ3v) is 7.13. The Balaban J connectivity index is 1.79. The molecule has 0 aliphatic rings. The number of nitrogens with one attached hydrogen (secondary N) is 1. The van der Waals surface area contributed by atoms with Crippen LogP contribution < -0.4 is 21.9 Å². The topological polar surface area (TPSA) is 250 Å². The number of hydrogen-bond donors (Lipinski definition) is 6. The number of carboxylic acids is 3. The van der Waals surface area contributed by atoms with Gasteiger partial charge < -0.3 is 36.6 Å². The van der Waals surface area contributed by atoms with Gasteiger partial charge in [-0.05, 0) is 54.8 Å². The molecule has 0 aliphatic heterocycles. The predicted octanol–water partition coefficient (Wildman–Crippen LogP) is 0.522. The fourth-order valence-electron chi connectivity index (χ4n) is 4.70. The molecule has 3 rings (SSSR count). The number of carbonyl (C=O) groups excluding carboxylic acids is 2. The van der Waals surface area contributed by atoms with Gasteiger partial charge in [0, 0.05) is 31.3 Å². The molecule has 0 spiro atoms. The van der Waals surface area contributed by atoms with E-state index in [0.717, 1.165) is 17.5 Å². The van der Waals surface area contributed by atoms with Gasteiger partial charge in [0.25, 0.3) is 11.5 Å². The van der Waals surface area contributed by atoms with Crippen LogP contribution in [0.15, 0.2) is 47.3 Å². The Kier molecular flexibility index (Phi) is 11.0. The molecule has 0 radical (unpaired) electrons. The Hall–Kier alpha value is -5.75. The molecule has 1 heterocycles. The number of aromatic amines is 1. The number of carbonyl (C=O) groups is 5. The maximum absolute atomic E-state index is 13.2. The Morgan fingerprint density at radius 3 is 2.29 bits per heavy atom. The highest BCUT2D eigenvalue weighted by molar-refractivity contribution is 6.02. The van der Waals surface area contributed by atoms with Gasteiger partial charge in [0.05, 0.1) is 23.5 Å². The summed E-state index contributed by atoms with van der Waals surface area (Å²) in [5.74, 6) is -5.56. The largest absolute Gasteiger partial charge is 0.481 e. The number of ketones is 1. The van der Waals surface area contributed by atoms with E-state index in [1.807, 2.05) is 0 Å². The minimum Gasteiger partial charge on any atom is -0.481 e. The van der Waals surface area contributed by atoms with E-state index in [-0.39, 0.29) is 31.0 Å². The molecule has 3 aromatic rings.